The van der Waals surface area contributed by atoms with Gasteiger partial charge in [-0.2, -0.15) is 0 Å². The molecule has 0 bridgehead atoms. The van der Waals surface area contributed by atoms with E-state index in [-0.39, 0.29) is 0 Å². The molecule has 0 heteroatoms. The van der Waals surface area contributed by atoms with Gasteiger partial charge in [0, 0.05) is 0 Å². The van der Waals surface area contributed by atoms with Crippen molar-refractivity contribution >= 4 is 16.8 Å². The molecule has 0 N–H and O–H groups in total. The Bertz CT molecular complexity index is 2570. The van der Waals surface area contributed by atoms with E-state index in [1.54, 1.807) is 0 Å². The van der Waals surface area contributed by atoms with Gasteiger partial charge in [0.05, 0.1) is 0 Å². The van der Waals surface area contributed by atoms with Crippen molar-refractivity contribution in [3.05, 3.63) is 342 Å². The lowest BCUT2D eigenvalue weighted by Gasteiger charge is -2.00. The maximum absolute atomic E-state index is 2.20. The highest BCUT2D eigenvalue weighted by Gasteiger charge is 2.00. The second-order valence-electron chi connectivity index (χ2n) is 18.2. The fourth-order valence-electron chi connectivity index (χ4n) is 7.78. The molecule has 0 saturated heterocycles. The van der Waals surface area contributed by atoms with Crippen molar-refractivity contribution in [3.8, 4) is 0 Å². The lowest BCUT2D eigenvalue weighted by atomic mass is 10.1. The highest BCUT2D eigenvalue weighted by molar-refractivity contribution is 5.82. The van der Waals surface area contributed by atoms with Crippen molar-refractivity contribution in [2.24, 2.45) is 0 Å². The van der Waals surface area contributed by atoms with E-state index in [9.17, 15) is 0 Å². The lowest BCUT2D eigenvalue weighted by molar-refractivity contribution is 0.886. The molecule has 13 rings (SSSR count). The number of allylic oxidation sites excluding steroid dienone is 13. The Morgan fingerprint density at radius 2 is 0.405 bits per heavy atom. The Balaban J connectivity index is -0.0000000684. The van der Waals surface area contributed by atoms with Crippen LogP contribution in [0.1, 0.15) is 353 Å². The molecule has 636 valence electrons. The number of aryl methyl sites for hydroxylation is 3. The second-order valence-corrected chi connectivity index (χ2v) is 18.2. The number of benzene rings is 8. The summed E-state index contributed by atoms with van der Waals surface area (Å²) in [6, 6.07) is 77.4. The molecule has 0 atom stereocenters. The van der Waals surface area contributed by atoms with Gasteiger partial charge in [-0.1, -0.05) is 610 Å². The van der Waals surface area contributed by atoms with Gasteiger partial charge in [0.1, 0.15) is 0 Å². The number of hydrogen-bond acceptors (Lipinski definition) is 0. The summed E-state index contributed by atoms with van der Waals surface area (Å²) in [5, 5.41) is 2.62. The summed E-state index contributed by atoms with van der Waals surface area (Å²) in [5.74, 6) is 0. The molecule has 0 aromatic heterocycles. The fraction of sp³-hybridized carbons (Fsp3) is 0.459. The van der Waals surface area contributed by atoms with Crippen molar-refractivity contribution in [1.29, 1.82) is 0 Å². The van der Waals surface area contributed by atoms with E-state index >= 15 is 0 Å². The van der Waals surface area contributed by atoms with Gasteiger partial charge in [-0.3, -0.25) is 0 Å². The molecule has 0 spiro atoms. The van der Waals surface area contributed by atoms with Crippen LogP contribution in [-0.2, 0) is 25.7 Å². The molecule has 0 heterocycles. The lowest BCUT2D eigenvalue weighted by Crippen LogP contribution is -1.85. The summed E-state index contributed by atoms with van der Waals surface area (Å²) in [7, 11) is 0. The van der Waals surface area contributed by atoms with E-state index in [1.807, 2.05) is 280 Å². The van der Waals surface area contributed by atoms with Gasteiger partial charge in [0.15, 0.2) is 0 Å². The highest BCUT2D eigenvalue weighted by atomic mass is 14.1. The van der Waals surface area contributed by atoms with E-state index in [0.717, 1.165) is 44.9 Å². The maximum atomic E-state index is 2.20. The topological polar surface area (TPSA) is 0 Å². The van der Waals surface area contributed by atoms with E-state index in [2.05, 4.69) is 300 Å². The van der Waals surface area contributed by atoms with Crippen LogP contribution < -0.4 is 0 Å². The van der Waals surface area contributed by atoms with Crippen LogP contribution in [0.15, 0.2) is 303 Å². The van der Waals surface area contributed by atoms with Crippen molar-refractivity contribution < 1.29 is 0 Å². The Morgan fingerprint density at radius 3 is 0.586 bits per heavy atom. The third-order valence-corrected chi connectivity index (χ3v) is 12.1. The number of hydrogen-bond donors (Lipinski definition) is 0. The maximum Gasteiger partial charge on any atom is -0.00258 e. The number of fused-ring (bicyclic) bond motifs is 2. The zero-order valence-electron chi connectivity index (χ0n) is 81.4. The SMILES string of the molecule is C1=CCC=C1.C1=CCC=C1.C1=CCC=C1.C1=Cc2ccccc2C1.C1CCCC1.CC.CC.CC.CC.CC.CC.CC.CC.CC.CC.CC.CC.CC.CC.CC.CC.CC.CC.CCc1ccccc1.CCc1ccccc1.Cc1ccccc1.c1ccc(Cc2ccccc2)cc1.c1ccc2ccccc2c1. The van der Waals surface area contributed by atoms with E-state index in [1.165, 1.54) is 81.8 Å². The van der Waals surface area contributed by atoms with Gasteiger partial charge in [0.2, 0.25) is 0 Å². The van der Waals surface area contributed by atoms with Crippen LogP contribution >= 0.6 is 0 Å². The number of rotatable bonds is 4. The van der Waals surface area contributed by atoms with Crippen molar-refractivity contribution in [2.45, 2.75) is 347 Å². The molecule has 0 aliphatic heterocycles. The van der Waals surface area contributed by atoms with Crippen molar-refractivity contribution in [2.75, 3.05) is 0 Å². The quantitative estimate of drug-likeness (QED) is 0.165. The molecule has 5 aliphatic rings. The Morgan fingerprint density at radius 1 is 0.207 bits per heavy atom. The fourth-order valence-corrected chi connectivity index (χ4v) is 7.78. The van der Waals surface area contributed by atoms with Crippen molar-refractivity contribution in [1.82, 2.24) is 0 Å². The van der Waals surface area contributed by atoms with E-state index < -0.39 is 0 Å². The standard InChI is InChI=1S/C13H12.C10H8.C9H8.2C8H10.C7H8.C5H10.3C5H6.18C2H6/c1-3-7-12(8-4-1)11-13-9-5-2-6-10-13;1-2-6-10-8-4-3-7-9(10)5-1;1-2-5-9-7-3-6-8(9)4-1;2*1-2-8-6-4-3-5-7-8;1-7-5-3-2-4-6-7;4*1-2-4-5-3-1;18*1-2/h1-10H,11H2;1-8H;1-6H,7H2;2*3-7H,2H2,1H3;2-6H,1H3;1-5H2;3*1-4H,5H2;18*1-2H3. The van der Waals surface area contributed by atoms with Gasteiger partial charge in [-0.15, -0.1) is 0 Å². The third-order valence-electron chi connectivity index (χ3n) is 12.1. The Kier molecular flexibility index (Phi) is 193. The molecule has 111 heavy (non-hydrogen) atoms. The summed E-state index contributed by atoms with van der Waals surface area (Å²) < 4.78 is 0. The molecule has 1 saturated carbocycles. The van der Waals surface area contributed by atoms with Gasteiger partial charge in [0.25, 0.3) is 0 Å². The summed E-state index contributed by atoms with van der Waals surface area (Å²) in [6.45, 7) is 78.4. The first-order valence-corrected chi connectivity index (χ1v) is 45.4. The molecule has 1 fully saturated rings. The summed E-state index contributed by atoms with van der Waals surface area (Å²) >= 11 is 0. The predicted molar refractivity (Wildman–Crippen MR) is 538 cm³/mol. The van der Waals surface area contributed by atoms with Crippen LogP contribution in [0, 0.1) is 6.92 Å². The Hall–Kier alpha value is -7.80. The second kappa shape index (κ2) is 155. The first-order chi connectivity index (χ1) is 55.1. The van der Waals surface area contributed by atoms with Crippen LogP contribution in [-0.4, -0.2) is 0 Å². The van der Waals surface area contributed by atoms with Crippen LogP contribution in [0.3, 0.4) is 0 Å². The molecule has 5 aliphatic carbocycles. The summed E-state index contributed by atoms with van der Waals surface area (Å²) in [5.41, 5.74) is 9.72. The molecular weight excluding hydrogens is 1330 g/mol. The Labute approximate surface area is 701 Å². The molecular formula is C111H192. The van der Waals surface area contributed by atoms with Crippen LogP contribution in [0.4, 0.5) is 0 Å². The molecule has 0 amide bonds. The van der Waals surface area contributed by atoms with Crippen LogP contribution in [0.25, 0.3) is 16.8 Å². The minimum Gasteiger partial charge on any atom is -0.0808 e. The minimum absolute atomic E-state index is 1.03. The molecule has 8 aromatic carbocycles. The monoisotopic (exact) mass is 1530 g/mol. The van der Waals surface area contributed by atoms with Gasteiger partial charge in [-0.25, -0.2) is 0 Å². The zero-order chi connectivity index (χ0) is 88.7. The smallest absolute Gasteiger partial charge is 0.00258 e. The average molecular weight is 1530 g/mol. The van der Waals surface area contributed by atoms with E-state index in [4.69, 9.17) is 0 Å². The molecule has 0 nitrogen and oxygen atoms in total. The first-order valence-electron chi connectivity index (χ1n) is 45.4. The van der Waals surface area contributed by atoms with Gasteiger partial charge < -0.3 is 0 Å². The third kappa shape index (κ3) is 113. The van der Waals surface area contributed by atoms with Crippen LogP contribution in [0.5, 0.6) is 0 Å². The summed E-state index contributed by atoms with van der Waals surface area (Å²) in [4.78, 5) is 0. The average Bonchev–Trinajstić information content (AvgIpc) is 1.86. The van der Waals surface area contributed by atoms with Gasteiger partial charge in [-0.05, 0) is 96.0 Å². The molecule has 8 aromatic rings. The first kappa shape index (κ1) is 139. The van der Waals surface area contributed by atoms with Crippen molar-refractivity contribution in [3.63, 3.8) is 0 Å². The van der Waals surface area contributed by atoms with Crippen LogP contribution in [0.2, 0.25) is 0 Å². The van der Waals surface area contributed by atoms with E-state index in [0.29, 0.717) is 0 Å². The molecule has 0 unspecified atom stereocenters. The zero-order valence-corrected chi connectivity index (χ0v) is 81.4. The molecule has 0 radical (unpaired) electrons. The van der Waals surface area contributed by atoms with Gasteiger partial charge >= 0.3 is 0 Å². The minimum atomic E-state index is 1.03. The highest BCUT2D eigenvalue weighted by Crippen LogP contribution is 2.18. The largest absolute Gasteiger partial charge is 0.0808 e. The predicted octanol–water partition coefficient (Wildman–Crippen LogP) is 39.8. The summed E-state index contributed by atoms with van der Waals surface area (Å²) in [6.07, 6.45) is 44.8. The normalized spacial score (nSPS) is 9.47.